The monoisotopic (exact) mass is 329 g/mol. The summed E-state index contributed by atoms with van der Waals surface area (Å²) in [4.78, 5) is 4.58. The molecule has 0 atom stereocenters. The van der Waals surface area contributed by atoms with Crippen molar-refractivity contribution in [3.8, 4) is 10.6 Å². The van der Waals surface area contributed by atoms with Gasteiger partial charge >= 0.3 is 0 Å². The SMILES string of the molecule is CCOC(=S)SCc1csc(-c2ccc(Cl)cc2)n1. The molecule has 1 aromatic heterocycles. The number of aromatic nitrogens is 1. The van der Waals surface area contributed by atoms with E-state index in [4.69, 9.17) is 28.6 Å². The van der Waals surface area contributed by atoms with E-state index < -0.39 is 0 Å². The van der Waals surface area contributed by atoms with Crippen LogP contribution in [0, 0.1) is 0 Å². The van der Waals surface area contributed by atoms with Crippen molar-refractivity contribution in [3.05, 3.63) is 40.4 Å². The van der Waals surface area contributed by atoms with Crippen molar-refractivity contribution in [3.63, 3.8) is 0 Å². The maximum atomic E-state index is 5.87. The Labute approximate surface area is 131 Å². The third-order valence-corrected chi connectivity index (χ3v) is 4.70. The van der Waals surface area contributed by atoms with E-state index in [1.165, 1.54) is 11.8 Å². The molecule has 0 N–H and O–H groups in total. The van der Waals surface area contributed by atoms with Crippen LogP contribution in [-0.4, -0.2) is 16.0 Å². The predicted molar refractivity (Wildman–Crippen MR) is 88.1 cm³/mol. The van der Waals surface area contributed by atoms with Crippen molar-refractivity contribution in [1.82, 2.24) is 4.98 Å². The Kier molecular flexibility index (Phi) is 5.63. The van der Waals surface area contributed by atoms with Gasteiger partial charge in [0, 0.05) is 21.7 Å². The lowest BCUT2D eigenvalue weighted by atomic mass is 10.2. The summed E-state index contributed by atoms with van der Waals surface area (Å²) in [6, 6.07) is 7.69. The van der Waals surface area contributed by atoms with Gasteiger partial charge in [-0.2, -0.15) is 0 Å². The van der Waals surface area contributed by atoms with Gasteiger partial charge in [-0.05, 0) is 31.3 Å². The Morgan fingerprint density at radius 2 is 2.16 bits per heavy atom. The average Bonchev–Trinajstić information content (AvgIpc) is 2.86. The van der Waals surface area contributed by atoms with Crippen LogP contribution in [0.1, 0.15) is 12.6 Å². The van der Waals surface area contributed by atoms with Crippen LogP contribution in [0.25, 0.3) is 10.6 Å². The summed E-state index contributed by atoms with van der Waals surface area (Å²) in [6.45, 7) is 2.53. The highest BCUT2D eigenvalue weighted by Crippen LogP contribution is 2.26. The summed E-state index contributed by atoms with van der Waals surface area (Å²) >= 11 is 14.1. The first-order valence-electron chi connectivity index (χ1n) is 5.69. The number of halogens is 1. The van der Waals surface area contributed by atoms with Crippen molar-refractivity contribution in [2.24, 2.45) is 0 Å². The normalized spacial score (nSPS) is 10.4. The maximum Gasteiger partial charge on any atom is 0.220 e. The molecule has 6 heteroatoms. The lowest BCUT2D eigenvalue weighted by Gasteiger charge is -2.01. The third kappa shape index (κ3) is 4.45. The molecule has 2 rings (SSSR count). The van der Waals surface area contributed by atoms with Crippen LogP contribution in [0.15, 0.2) is 29.6 Å². The molecule has 0 saturated heterocycles. The van der Waals surface area contributed by atoms with Crippen molar-refractivity contribution >= 4 is 51.3 Å². The molecule has 2 aromatic rings. The molecule has 1 heterocycles. The summed E-state index contributed by atoms with van der Waals surface area (Å²) in [5, 5.41) is 3.78. The molecule has 100 valence electrons. The quantitative estimate of drug-likeness (QED) is 0.734. The summed E-state index contributed by atoms with van der Waals surface area (Å²) in [5.41, 5.74) is 2.10. The van der Waals surface area contributed by atoms with E-state index in [1.807, 2.05) is 36.6 Å². The highest BCUT2D eigenvalue weighted by molar-refractivity contribution is 8.22. The number of ether oxygens (including phenoxy) is 1. The first-order chi connectivity index (χ1) is 9.19. The molecule has 0 spiro atoms. The van der Waals surface area contributed by atoms with Crippen molar-refractivity contribution in [2.45, 2.75) is 12.7 Å². The van der Waals surface area contributed by atoms with Gasteiger partial charge in [0.25, 0.3) is 0 Å². The van der Waals surface area contributed by atoms with E-state index in [1.54, 1.807) is 11.3 Å². The van der Waals surface area contributed by atoms with Crippen LogP contribution < -0.4 is 0 Å². The maximum absolute atomic E-state index is 5.87. The zero-order chi connectivity index (χ0) is 13.7. The fraction of sp³-hybridized carbons (Fsp3) is 0.231. The molecule has 0 fully saturated rings. The van der Waals surface area contributed by atoms with Crippen molar-refractivity contribution in [1.29, 1.82) is 0 Å². The van der Waals surface area contributed by atoms with E-state index >= 15 is 0 Å². The molecular formula is C13H12ClNOS3. The number of benzene rings is 1. The molecule has 0 amide bonds. The van der Waals surface area contributed by atoms with Gasteiger partial charge in [-0.15, -0.1) is 11.3 Å². The predicted octanol–water partition coefficient (Wildman–Crippen LogP) is 5.02. The van der Waals surface area contributed by atoms with Crippen LogP contribution in [-0.2, 0) is 10.5 Å². The smallest absolute Gasteiger partial charge is 0.220 e. The average molecular weight is 330 g/mol. The Balaban J connectivity index is 1.99. The largest absolute Gasteiger partial charge is 0.479 e. The van der Waals surface area contributed by atoms with Gasteiger partial charge in [0.15, 0.2) is 0 Å². The first-order valence-corrected chi connectivity index (χ1v) is 8.34. The van der Waals surface area contributed by atoms with E-state index in [0.717, 1.165) is 27.0 Å². The molecule has 1 aromatic carbocycles. The van der Waals surface area contributed by atoms with E-state index in [9.17, 15) is 0 Å². The minimum Gasteiger partial charge on any atom is -0.479 e. The molecule has 19 heavy (non-hydrogen) atoms. The molecule has 0 saturated carbocycles. The van der Waals surface area contributed by atoms with Crippen molar-refractivity contribution in [2.75, 3.05) is 6.61 Å². The number of thiazole rings is 1. The zero-order valence-electron chi connectivity index (χ0n) is 10.3. The van der Waals surface area contributed by atoms with Crippen molar-refractivity contribution < 1.29 is 4.74 Å². The second-order valence-corrected chi connectivity index (χ2v) is 6.49. The van der Waals surface area contributed by atoms with Gasteiger partial charge in [0.05, 0.1) is 12.3 Å². The van der Waals surface area contributed by atoms with Gasteiger partial charge in [0.1, 0.15) is 5.01 Å². The molecule has 0 unspecified atom stereocenters. The number of hydrogen-bond acceptors (Lipinski definition) is 5. The zero-order valence-corrected chi connectivity index (χ0v) is 13.5. The molecular weight excluding hydrogens is 318 g/mol. The number of hydrogen-bond donors (Lipinski definition) is 0. The lowest BCUT2D eigenvalue weighted by Crippen LogP contribution is -1.96. The molecule has 0 radical (unpaired) electrons. The number of rotatable bonds is 4. The number of nitrogens with zero attached hydrogens (tertiary/aromatic N) is 1. The Hall–Kier alpha value is -0.620. The molecule has 0 aliphatic heterocycles. The summed E-state index contributed by atoms with van der Waals surface area (Å²) < 4.78 is 5.80. The van der Waals surface area contributed by atoms with Gasteiger partial charge in [-0.1, -0.05) is 35.5 Å². The topological polar surface area (TPSA) is 22.1 Å². The highest BCUT2D eigenvalue weighted by atomic mass is 35.5. The first kappa shape index (κ1) is 14.8. The molecule has 0 bridgehead atoms. The summed E-state index contributed by atoms with van der Waals surface area (Å²) in [7, 11) is 0. The standard InChI is InChI=1S/C13H12ClNOS3/c1-2-16-13(17)19-8-11-7-18-12(15-11)9-3-5-10(14)6-4-9/h3-7H,2,8H2,1H3. The minimum atomic E-state index is 0.573. The van der Waals surface area contributed by atoms with Crippen LogP contribution >= 0.6 is 46.9 Å². The van der Waals surface area contributed by atoms with Gasteiger partial charge in [-0.3, -0.25) is 0 Å². The second-order valence-electron chi connectivity index (χ2n) is 3.62. The number of thioether (sulfide) groups is 1. The van der Waals surface area contributed by atoms with Crippen LogP contribution in [0.5, 0.6) is 0 Å². The van der Waals surface area contributed by atoms with Crippen LogP contribution in [0.2, 0.25) is 5.02 Å². The number of thiocarbonyl (C=S) groups is 1. The highest BCUT2D eigenvalue weighted by Gasteiger charge is 2.06. The molecule has 0 aliphatic carbocycles. The minimum absolute atomic E-state index is 0.573. The Morgan fingerprint density at radius 3 is 2.84 bits per heavy atom. The van der Waals surface area contributed by atoms with E-state index in [-0.39, 0.29) is 0 Å². The van der Waals surface area contributed by atoms with E-state index in [0.29, 0.717) is 11.0 Å². The second kappa shape index (κ2) is 7.24. The Morgan fingerprint density at radius 1 is 1.42 bits per heavy atom. The molecule has 0 aliphatic rings. The molecule has 2 nitrogen and oxygen atoms in total. The Bertz CT molecular complexity index is 553. The van der Waals surface area contributed by atoms with Crippen LogP contribution in [0.3, 0.4) is 0 Å². The summed E-state index contributed by atoms with van der Waals surface area (Å²) in [5.74, 6) is 0.739. The van der Waals surface area contributed by atoms with E-state index in [2.05, 4.69) is 4.98 Å². The van der Waals surface area contributed by atoms with Crippen LogP contribution in [0.4, 0.5) is 0 Å². The van der Waals surface area contributed by atoms with Gasteiger partial charge < -0.3 is 4.74 Å². The lowest BCUT2D eigenvalue weighted by molar-refractivity contribution is 0.346. The van der Waals surface area contributed by atoms with Gasteiger partial charge in [-0.25, -0.2) is 4.98 Å². The summed E-state index contributed by atoms with van der Waals surface area (Å²) in [6.07, 6.45) is 0. The third-order valence-electron chi connectivity index (χ3n) is 2.24. The fourth-order valence-electron chi connectivity index (χ4n) is 1.39. The van der Waals surface area contributed by atoms with Gasteiger partial charge in [0.2, 0.25) is 4.38 Å². The fourth-order valence-corrected chi connectivity index (χ4v) is 3.36.